The number of nitrogens with one attached hydrogen (secondary N) is 1. The molecule has 0 radical (unpaired) electrons. The van der Waals surface area contributed by atoms with Gasteiger partial charge in [-0.1, -0.05) is 23.9 Å². The summed E-state index contributed by atoms with van der Waals surface area (Å²) in [6.07, 6.45) is 0. The molecule has 3 aromatic rings. The lowest BCUT2D eigenvalue weighted by Gasteiger charge is -2.07. The summed E-state index contributed by atoms with van der Waals surface area (Å²) in [4.78, 5) is 12.0. The van der Waals surface area contributed by atoms with Crippen LogP contribution in [0.25, 0.3) is 0 Å². The van der Waals surface area contributed by atoms with Crippen molar-refractivity contribution in [2.75, 3.05) is 16.9 Å². The number of aromatic nitrogens is 3. The molecule has 0 saturated carbocycles. The minimum absolute atomic E-state index is 0.0418. The van der Waals surface area contributed by atoms with Crippen molar-refractivity contribution >= 4 is 45.9 Å². The number of nitrogens with zero attached hydrogens (tertiary/aromatic N) is 3. The van der Waals surface area contributed by atoms with E-state index in [2.05, 4.69) is 38.1 Å². The van der Waals surface area contributed by atoms with Gasteiger partial charge in [-0.15, -0.1) is 10.2 Å². The lowest BCUT2D eigenvalue weighted by atomic mass is 10.3. The zero-order valence-corrected chi connectivity index (χ0v) is 16.9. The van der Waals surface area contributed by atoms with Crippen LogP contribution in [0.4, 0.5) is 10.1 Å². The predicted molar refractivity (Wildman–Crippen MR) is 109 cm³/mol. The average molecular weight is 499 g/mol. The highest BCUT2D eigenvalue weighted by Gasteiger charge is 2.13. The highest BCUT2D eigenvalue weighted by atomic mass is 127. The minimum atomic E-state index is -0.470. The van der Waals surface area contributed by atoms with Crippen molar-refractivity contribution in [3.05, 3.63) is 63.7 Å². The average Bonchev–Trinajstić information content (AvgIpc) is 3.01. The van der Waals surface area contributed by atoms with Gasteiger partial charge in [-0.2, -0.15) is 0 Å². The molecular formula is C17H15FIN5O2S. The van der Waals surface area contributed by atoms with Crippen molar-refractivity contribution in [3.63, 3.8) is 0 Å². The van der Waals surface area contributed by atoms with E-state index in [1.807, 2.05) is 24.3 Å². The molecule has 3 N–H and O–H groups in total. The number of amides is 1. The van der Waals surface area contributed by atoms with Crippen LogP contribution in [-0.4, -0.2) is 26.5 Å². The molecule has 1 aromatic heterocycles. The Morgan fingerprint density at radius 3 is 2.70 bits per heavy atom. The number of hydrogen-bond acceptors (Lipinski definition) is 6. The maximum absolute atomic E-state index is 13.6. The molecule has 0 spiro atoms. The summed E-state index contributed by atoms with van der Waals surface area (Å²) >= 11 is 3.34. The Labute approximate surface area is 172 Å². The zero-order valence-electron chi connectivity index (χ0n) is 13.9. The van der Waals surface area contributed by atoms with E-state index in [9.17, 15) is 9.18 Å². The highest BCUT2D eigenvalue weighted by Crippen LogP contribution is 2.19. The Morgan fingerprint density at radius 1 is 1.22 bits per heavy atom. The first kappa shape index (κ1) is 19.4. The number of anilines is 1. The third kappa shape index (κ3) is 5.32. The number of carbonyl (C=O) groups excluding carboxylic acids is 1. The van der Waals surface area contributed by atoms with Crippen molar-refractivity contribution in [1.82, 2.24) is 14.9 Å². The molecule has 0 aliphatic heterocycles. The van der Waals surface area contributed by atoms with Crippen LogP contribution >= 0.6 is 34.4 Å². The van der Waals surface area contributed by atoms with Gasteiger partial charge in [-0.3, -0.25) is 4.79 Å². The molecule has 10 heteroatoms. The second-order valence-corrected chi connectivity index (χ2v) is 7.52. The van der Waals surface area contributed by atoms with Gasteiger partial charge in [0, 0.05) is 9.26 Å². The van der Waals surface area contributed by atoms with E-state index in [1.54, 1.807) is 12.1 Å². The fourth-order valence-electron chi connectivity index (χ4n) is 2.07. The quantitative estimate of drug-likeness (QED) is 0.295. The molecular weight excluding hydrogens is 484 g/mol. The number of nitrogens with two attached hydrogens (primary N) is 1. The molecule has 1 heterocycles. The van der Waals surface area contributed by atoms with Crippen LogP contribution in [0.5, 0.6) is 5.75 Å². The van der Waals surface area contributed by atoms with Crippen LogP contribution in [0.2, 0.25) is 0 Å². The third-order valence-corrected chi connectivity index (χ3v) is 5.05. The second kappa shape index (κ2) is 9.04. The lowest BCUT2D eigenvalue weighted by molar-refractivity contribution is -0.113. The monoisotopic (exact) mass is 499 g/mol. The van der Waals surface area contributed by atoms with Crippen molar-refractivity contribution in [1.29, 1.82) is 0 Å². The molecule has 0 saturated heterocycles. The Bertz CT molecular complexity index is 935. The van der Waals surface area contributed by atoms with E-state index in [4.69, 9.17) is 10.6 Å². The number of carbonyl (C=O) groups is 1. The maximum atomic E-state index is 13.6. The molecule has 140 valence electrons. The van der Waals surface area contributed by atoms with Crippen molar-refractivity contribution in [2.24, 2.45) is 0 Å². The summed E-state index contributed by atoms with van der Waals surface area (Å²) in [5, 5.41) is 11.0. The first-order chi connectivity index (χ1) is 13.0. The Balaban J connectivity index is 1.53. The van der Waals surface area contributed by atoms with Crippen LogP contribution in [0.1, 0.15) is 5.82 Å². The van der Waals surface area contributed by atoms with Crippen molar-refractivity contribution in [2.45, 2.75) is 11.8 Å². The molecule has 0 aliphatic carbocycles. The molecule has 2 aromatic carbocycles. The SMILES string of the molecule is Nn1c(COc2ccccc2F)nnc1SCC(=O)Nc1ccc(I)cc1. The third-order valence-electron chi connectivity index (χ3n) is 3.39. The molecule has 3 rings (SSSR count). The Morgan fingerprint density at radius 2 is 1.96 bits per heavy atom. The summed E-state index contributed by atoms with van der Waals surface area (Å²) in [6, 6.07) is 13.5. The normalized spacial score (nSPS) is 10.6. The maximum Gasteiger partial charge on any atom is 0.234 e. The molecule has 0 atom stereocenters. The van der Waals surface area contributed by atoms with Gasteiger partial charge in [-0.25, -0.2) is 9.07 Å². The van der Waals surface area contributed by atoms with Crippen LogP contribution in [0.3, 0.4) is 0 Å². The van der Waals surface area contributed by atoms with E-state index in [0.29, 0.717) is 16.7 Å². The van der Waals surface area contributed by atoms with Gasteiger partial charge < -0.3 is 15.9 Å². The van der Waals surface area contributed by atoms with Gasteiger partial charge >= 0.3 is 0 Å². The van der Waals surface area contributed by atoms with E-state index in [-0.39, 0.29) is 24.0 Å². The number of ether oxygens (including phenoxy) is 1. The fraction of sp³-hybridized carbons (Fsp3) is 0.118. The summed E-state index contributed by atoms with van der Waals surface area (Å²) in [7, 11) is 0. The summed E-state index contributed by atoms with van der Waals surface area (Å²) in [5.74, 6) is 5.81. The van der Waals surface area contributed by atoms with Gasteiger partial charge in [0.15, 0.2) is 17.4 Å². The van der Waals surface area contributed by atoms with Crippen LogP contribution in [0, 0.1) is 9.39 Å². The molecule has 1 amide bonds. The van der Waals surface area contributed by atoms with E-state index in [0.717, 1.165) is 15.3 Å². The summed E-state index contributed by atoms with van der Waals surface area (Å²) in [5.41, 5.74) is 0.717. The van der Waals surface area contributed by atoms with E-state index in [1.165, 1.54) is 16.8 Å². The van der Waals surface area contributed by atoms with Crippen molar-refractivity contribution in [3.8, 4) is 5.75 Å². The standard InChI is InChI=1S/C17H15FIN5O2S/c18-13-3-1-2-4-14(13)26-9-15-22-23-17(24(15)20)27-10-16(25)21-12-7-5-11(19)6-8-12/h1-8H,9-10,20H2,(H,21,25). The van der Waals surface area contributed by atoms with Gasteiger partial charge in [-0.05, 0) is 59.0 Å². The number of hydrogen-bond donors (Lipinski definition) is 2. The largest absolute Gasteiger partial charge is 0.482 e. The molecule has 0 aliphatic rings. The molecule has 0 unspecified atom stereocenters. The van der Waals surface area contributed by atoms with Crippen molar-refractivity contribution < 1.29 is 13.9 Å². The van der Waals surface area contributed by atoms with E-state index >= 15 is 0 Å². The number of halogens is 2. The van der Waals surface area contributed by atoms with Crippen LogP contribution in [-0.2, 0) is 11.4 Å². The molecule has 27 heavy (non-hydrogen) atoms. The number of thioether (sulfide) groups is 1. The second-order valence-electron chi connectivity index (χ2n) is 5.33. The minimum Gasteiger partial charge on any atom is -0.482 e. The molecule has 0 fully saturated rings. The summed E-state index contributed by atoms with van der Waals surface area (Å²) in [6.45, 7) is -0.0418. The van der Waals surface area contributed by atoms with Gasteiger partial charge in [0.05, 0.1) is 5.75 Å². The van der Waals surface area contributed by atoms with Gasteiger partial charge in [0.1, 0.15) is 6.61 Å². The first-order valence-corrected chi connectivity index (χ1v) is 9.84. The zero-order chi connectivity index (χ0) is 19.2. The Hall–Kier alpha value is -2.34. The van der Waals surface area contributed by atoms with Gasteiger partial charge in [0.25, 0.3) is 0 Å². The number of para-hydroxylation sites is 1. The lowest BCUT2D eigenvalue weighted by Crippen LogP contribution is -2.18. The predicted octanol–water partition coefficient (Wildman–Crippen LogP) is 3.05. The van der Waals surface area contributed by atoms with Crippen LogP contribution < -0.4 is 15.9 Å². The number of nitrogen functional groups attached to an aromatic ring is 1. The van der Waals surface area contributed by atoms with Crippen LogP contribution in [0.15, 0.2) is 53.7 Å². The smallest absolute Gasteiger partial charge is 0.234 e. The number of benzene rings is 2. The first-order valence-electron chi connectivity index (χ1n) is 7.78. The topological polar surface area (TPSA) is 95.1 Å². The number of rotatable bonds is 7. The van der Waals surface area contributed by atoms with E-state index < -0.39 is 5.82 Å². The van der Waals surface area contributed by atoms with Gasteiger partial charge in [0.2, 0.25) is 11.1 Å². The highest BCUT2D eigenvalue weighted by molar-refractivity contribution is 14.1. The molecule has 7 nitrogen and oxygen atoms in total. The fourth-order valence-corrected chi connectivity index (χ4v) is 3.10. The molecule has 0 bridgehead atoms. The Kier molecular flexibility index (Phi) is 6.50. The summed E-state index contributed by atoms with van der Waals surface area (Å²) < 4.78 is 21.2.